The summed E-state index contributed by atoms with van der Waals surface area (Å²) in [7, 11) is -1.86. The Bertz CT molecular complexity index is 1080. The molecular weight excluding hydrogens is 593 g/mol. The number of carbonyl (C=O) groups excluding carboxylic acids is 4. The molecule has 0 aliphatic heterocycles. The summed E-state index contributed by atoms with van der Waals surface area (Å²) in [4.78, 5) is 57.1. The highest BCUT2D eigenvalue weighted by molar-refractivity contribution is 6.43. The van der Waals surface area contributed by atoms with E-state index in [1.165, 1.54) is 0 Å². The average Bonchev–Trinajstić information content (AvgIpc) is 3.03. The van der Waals surface area contributed by atoms with Gasteiger partial charge in [-0.25, -0.2) is 0 Å². The molecule has 1 rings (SSSR count). The second-order valence-corrected chi connectivity index (χ2v) is 11.2. The third-order valence-electron chi connectivity index (χ3n) is 7.32. The van der Waals surface area contributed by atoms with E-state index in [9.17, 15) is 29.2 Å². The lowest BCUT2D eigenvalue weighted by Gasteiger charge is -2.27. The molecule has 4 amide bonds. The second-order valence-electron chi connectivity index (χ2n) is 11.2. The van der Waals surface area contributed by atoms with Gasteiger partial charge in [-0.05, 0) is 83.0 Å². The zero-order valence-corrected chi connectivity index (χ0v) is 27.0. The van der Waals surface area contributed by atoms with Gasteiger partial charge in [-0.2, -0.15) is 0 Å². The third kappa shape index (κ3) is 16.5. The first kappa shape index (κ1) is 40.3. The number of nitrogens with two attached hydrogens (primary N) is 4. The van der Waals surface area contributed by atoms with Gasteiger partial charge >= 0.3 is 7.12 Å². The van der Waals surface area contributed by atoms with Crippen LogP contribution in [-0.4, -0.2) is 90.5 Å². The van der Waals surface area contributed by atoms with Crippen LogP contribution in [0.15, 0.2) is 35.3 Å². The number of hydrogen-bond acceptors (Lipinski definition) is 9. The Morgan fingerprint density at radius 1 is 0.717 bits per heavy atom. The van der Waals surface area contributed by atoms with E-state index in [0.717, 1.165) is 6.42 Å². The SMILES string of the molecule is CCCC[C@H](NC(=O)c1ccccc1)C(=O)N[C@@H](CCCCN)C(=O)N[C@@H](CCCCN)C(=O)N[C@@H](CCCN=C(N)N)B(O)O. The highest BCUT2D eigenvalue weighted by atomic mass is 16.4. The van der Waals surface area contributed by atoms with E-state index in [1.807, 2.05) is 6.92 Å². The van der Waals surface area contributed by atoms with Gasteiger partial charge in [0.05, 0.1) is 5.94 Å². The van der Waals surface area contributed by atoms with Crippen molar-refractivity contribution < 1.29 is 29.2 Å². The van der Waals surface area contributed by atoms with Crippen molar-refractivity contribution in [2.45, 2.75) is 102 Å². The fourth-order valence-electron chi connectivity index (χ4n) is 4.67. The van der Waals surface area contributed by atoms with Crippen molar-refractivity contribution in [1.29, 1.82) is 0 Å². The Hall–Kier alpha value is -3.73. The number of nitrogens with zero attached hydrogens (tertiary/aromatic N) is 1. The highest BCUT2D eigenvalue weighted by Gasteiger charge is 2.32. The number of carbonyl (C=O) groups is 4. The molecule has 4 atom stereocenters. The molecule has 0 bridgehead atoms. The standard InChI is InChI=1S/C30H54BN9O6/c1-2-3-14-22(37-26(41)21-12-5-4-6-13-21)27(42)38-23(15-7-9-18-32)28(43)39-24(16-8-10-19-33)29(44)40-25(31(45)46)17-11-20-36-30(34)35/h4-6,12-13,22-25,45-46H,2-3,7-11,14-20,32-33H2,1H3,(H,37,41)(H,38,42)(H,39,43)(H,40,44)(H4,34,35,36)/t22-,23-,24-,25-/m0/s1. The minimum absolute atomic E-state index is 0.101. The number of unbranched alkanes of at least 4 members (excludes halogenated alkanes) is 3. The van der Waals surface area contributed by atoms with Gasteiger partial charge in [0.25, 0.3) is 5.91 Å². The maximum absolute atomic E-state index is 13.6. The number of benzene rings is 1. The van der Waals surface area contributed by atoms with Crippen LogP contribution in [0.1, 0.15) is 87.9 Å². The summed E-state index contributed by atoms with van der Waals surface area (Å²) in [6.45, 7) is 2.98. The molecule has 0 spiro atoms. The molecule has 0 fully saturated rings. The van der Waals surface area contributed by atoms with Crippen LogP contribution in [0.5, 0.6) is 0 Å². The van der Waals surface area contributed by atoms with Crippen molar-refractivity contribution in [1.82, 2.24) is 21.3 Å². The normalized spacial score (nSPS) is 13.4. The summed E-state index contributed by atoms with van der Waals surface area (Å²) in [5.74, 6) is -3.26. The summed E-state index contributed by atoms with van der Waals surface area (Å²) in [5, 5.41) is 30.6. The lowest BCUT2D eigenvalue weighted by Crippen LogP contribution is -2.58. The lowest BCUT2D eigenvalue weighted by molar-refractivity contribution is -0.133. The van der Waals surface area contributed by atoms with Crippen molar-refractivity contribution in [3.05, 3.63) is 35.9 Å². The van der Waals surface area contributed by atoms with Crippen LogP contribution < -0.4 is 44.2 Å². The molecule has 258 valence electrons. The molecular formula is C30H54BN9O6. The zero-order valence-electron chi connectivity index (χ0n) is 27.0. The Morgan fingerprint density at radius 2 is 1.22 bits per heavy atom. The average molecular weight is 648 g/mol. The first-order valence-corrected chi connectivity index (χ1v) is 16.1. The Morgan fingerprint density at radius 3 is 1.70 bits per heavy atom. The van der Waals surface area contributed by atoms with E-state index in [0.29, 0.717) is 63.6 Å². The van der Waals surface area contributed by atoms with Crippen molar-refractivity contribution in [3.63, 3.8) is 0 Å². The van der Waals surface area contributed by atoms with Crippen molar-refractivity contribution in [3.8, 4) is 0 Å². The van der Waals surface area contributed by atoms with Gasteiger partial charge in [-0.1, -0.05) is 38.0 Å². The van der Waals surface area contributed by atoms with E-state index < -0.39 is 54.8 Å². The van der Waals surface area contributed by atoms with Crippen LogP contribution in [0.25, 0.3) is 0 Å². The van der Waals surface area contributed by atoms with E-state index >= 15 is 0 Å². The Balaban J connectivity index is 3.10. The van der Waals surface area contributed by atoms with Crippen molar-refractivity contribution in [2.24, 2.45) is 27.9 Å². The van der Waals surface area contributed by atoms with Crippen LogP contribution in [0.3, 0.4) is 0 Å². The first-order valence-electron chi connectivity index (χ1n) is 16.1. The quantitative estimate of drug-likeness (QED) is 0.0276. The van der Waals surface area contributed by atoms with Gasteiger partial charge in [-0.15, -0.1) is 0 Å². The zero-order chi connectivity index (χ0) is 34.3. The smallest absolute Gasteiger partial charge is 0.426 e. The highest BCUT2D eigenvalue weighted by Crippen LogP contribution is 2.10. The molecule has 1 aromatic rings. The first-order chi connectivity index (χ1) is 22.0. The Kier molecular flexibility index (Phi) is 20.7. The monoisotopic (exact) mass is 647 g/mol. The van der Waals surface area contributed by atoms with E-state index in [4.69, 9.17) is 22.9 Å². The van der Waals surface area contributed by atoms with Gasteiger partial charge in [0, 0.05) is 12.1 Å². The largest absolute Gasteiger partial charge is 0.475 e. The Labute approximate surface area is 272 Å². The number of guanidine groups is 1. The molecule has 0 aromatic heterocycles. The predicted molar refractivity (Wildman–Crippen MR) is 179 cm³/mol. The topological polar surface area (TPSA) is 273 Å². The summed E-state index contributed by atoms with van der Waals surface area (Å²) >= 11 is 0. The van der Waals surface area contributed by atoms with Crippen molar-refractivity contribution >= 4 is 36.7 Å². The van der Waals surface area contributed by atoms with Gasteiger partial charge in [0.15, 0.2) is 5.96 Å². The maximum Gasteiger partial charge on any atom is 0.475 e. The third-order valence-corrected chi connectivity index (χ3v) is 7.32. The lowest BCUT2D eigenvalue weighted by atomic mass is 9.76. The molecule has 0 heterocycles. The number of aliphatic imine (C=N–C) groups is 1. The number of hydrogen-bond donors (Lipinski definition) is 10. The molecule has 0 aliphatic rings. The molecule has 0 saturated heterocycles. The molecule has 46 heavy (non-hydrogen) atoms. The van der Waals surface area contributed by atoms with Gasteiger partial charge in [-0.3, -0.25) is 24.2 Å². The minimum atomic E-state index is -1.86. The van der Waals surface area contributed by atoms with Crippen LogP contribution in [0.4, 0.5) is 0 Å². The predicted octanol–water partition coefficient (Wildman–Crippen LogP) is -1.25. The van der Waals surface area contributed by atoms with Crippen LogP contribution >= 0.6 is 0 Å². The molecule has 0 saturated carbocycles. The minimum Gasteiger partial charge on any atom is -0.426 e. The molecule has 0 unspecified atom stereocenters. The van der Waals surface area contributed by atoms with E-state index in [2.05, 4.69) is 26.3 Å². The summed E-state index contributed by atoms with van der Waals surface area (Å²) in [5.41, 5.74) is 22.4. The number of rotatable bonds is 24. The van der Waals surface area contributed by atoms with Gasteiger partial charge in [0.1, 0.15) is 18.1 Å². The summed E-state index contributed by atoms with van der Waals surface area (Å²) in [6.07, 6.45) is 5.10. The van der Waals surface area contributed by atoms with E-state index in [1.54, 1.807) is 30.3 Å². The van der Waals surface area contributed by atoms with E-state index in [-0.39, 0.29) is 31.8 Å². The molecule has 16 heteroatoms. The van der Waals surface area contributed by atoms with Gasteiger partial charge < -0.3 is 54.2 Å². The molecule has 0 radical (unpaired) electrons. The number of amides is 4. The van der Waals surface area contributed by atoms with Crippen LogP contribution in [-0.2, 0) is 14.4 Å². The summed E-state index contributed by atoms with van der Waals surface area (Å²) < 4.78 is 0. The fraction of sp³-hybridized carbons (Fsp3) is 0.633. The fourth-order valence-corrected chi connectivity index (χ4v) is 4.67. The second kappa shape index (κ2) is 23.6. The molecule has 1 aromatic carbocycles. The number of nitrogens with one attached hydrogen (secondary N) is 4. The van der Waals surface area contributed by atoms with Gasteiger partial charge in [0.2, 0.25) is 17.7 Å². The molecule has 15 nitrogen and oxygen atoms in total. The summed E-state index contributed by atoms with van der Waals surface area (Å²) in [6, 6.07) is 5.59. The van der Waals surface area contributed by atoms with Crippen LogP contribution in [0, 0.1) is 0 Å². The maximum atomic E-state index is 13.6. The molecule has 0 aliphatic carbocycles. The van der Waals surface area contributed by atoms with Crippen molar-refractivity contribution in [2.75, 3.05) is 19.6 Å². The van der Waals surface area contributed by atoms with Crippen LogP contribution in [0.2, 0.25) is 0 Å². The molecule has 14 N–H and O–H groups in total.